The minimum Gasteiger partial charge on any atom is -0.336 e. The second-order valence-corrected chi connectivity index (χ2v) is 6.59. The number of nitrogens with zero attached hydrogens (tertiary/aromatic N) is 2. The second-order valence-electron chi connectivity index (χ2n) is 6.59. The number of amides is 4. The van der Waals surface area contributed by atoms with Gasteiger partial charge in [-0.1, -0.05) is 30.3 Å². The van der Waals surface area contributed by atoms with E-state index in [2.05, 4.69) is 5.32 Å². The topological polar surface area (TPSA) is 69.7 Å². The van der Waals surface area contributed by atoms with Gasteiger partial charge in [-0.25, -0.2) is 4.79 Å². The van der Waals surface area contributed by atoms with Gasteiger partial charge in [-0.05, 0) is 37.1 Å². The molecule has 0 aromatic heterocycles. The third-order valence-electron chi connectivity index (χ3n) is 4.92. The first-order valence-electron chi connectivity index (χ1n) is 8.68. The Morgan fingerprint density at radius 3 is 2.35 bits per heavy atom. The van der Waals surface area contributed by atoms with Crippen molar-refractivity contribution in [2.75, 3.05) is 18.0 Å². The van der Waals surface area contributed by atoms with Crippen LogP contribution in [0.25, 0.3) is 0 Å². The minimum atomic E-state index is -0.306. The van der Waals surface area contributed by atoms with Gasteiger partial charge in [0.1, 0.15) is 0 Å². The first-order valence-corrected chi connectivity index (χ1v) is 8.68. The van der Waals surface area contributed by atoms with E-state index in [0.717, 1.165) is 17.7 Å². The maximum atomic E-state index is 12.6. The number of hydrogen-bond donors (Lipinski definition) is 1. The molecule has 0 bridgehead atoms. The fraction of sp³-hybridized carbons (Fsp3) is 0.250. The van der Waals surface area contributed by atoms with Crippen molar-refractivity contribution in [3.8, 4) is 0 Å². The smallest absolute Gasteiger partial charge is 0.322 e. The molecule has 1 unspecified atom stereocenters. The molecular weight excluding hydrogens is 330 g/mol. The molecular formula is C20H19N3O3. The molecule has 2 aromatic carbocycles. The summed E-state index contributed by atoms with van der Waals surface area (Å²) in [5.41, 5.74) is 2.91. The Morgan fingerprint density at radius 2 is 1.65 bits per heavy atom. The van der Waals surface area contributed by atoms with E-state index >= 15 is 0 Å². The summed E-state index contributed by atoms with van der Waals surface area (Å²) in [5.74, 6) is -0.612. The van der Waals surface area contributed by atoms with Crippen LogP contribution < -0.4 is 10.2 Å². The molecule has 2 aromatic rings. The van der Waals surface area contributed by atoms with Crippen LogP contribution in [0.5, 0.6) is 0 Å². The molecule has 132 valence electrons. The van der Waals surface area contributed by atoms with Crippen LogP contribution in [0.1, 0.15) is 33.2 Å². The number of fused-ring (bicyclic) bond motifs is 2. The van der Waals surface area contributed by atoms with E-state index in [4.69, 9.17) is 0 Å². The standard InChI is InChI=1S/C20H19N3O3/c1-13-12-14-6-2-5-9-17(14)23(13)20(26)21-10-11-22-18(24)15-7-3-4-8-16(15)19(22)25/h2-9,13H,10-12H2,1H3,(H,21,26). The normalized spacial score (nSPS) is 18.1. The van der Waals surface area contributed by atoms with Gasteiger partial charge in [0.25, 0.3) is 11.8 Å². The highest BCUT2D eigenvalue weighted by molar-refractivity contribution is 6.21. The third kappa shape index (κ3) is 2.54. The number of para-hydroxylation sites is 1. The molecule has 0 fully saturated rings. The van der Waals surface area contributed by atoms with Crippen molar-refractivity contribution < 1.29 is 14.4 Å². The van der Waals surface area contributed by atoms with Crippen LogP contribution in [0.4, 0.5) is 10.5 Å². The van der Waals surface area contributed by atoms with E-state index in [9.17, 15) is 14.4 Å². The van der Waals surface area contributed by atoms with Gasteiger partial charge in [0.15, 0.2) is 0 Å². The Kier molecular flexibility index (Phi) is 3.95. The van der Waals surface area contributed by atoms with Crippen LogP contribution in [-0.2, 0) is 6.42 Å². The number of rotatable bonds is 3. The zero-order chi connectivity index (χ0) is 18.3. The Morgan fingerprint density at radius 1 is 1.04 bits per heavy atom. The molecule has 2 aliphatic heterocycles. The molecule has 0 saturated carbocycles. The monoisotopic (exact) mass is 349 g/mol. The fourth-order valence-electron chi connectivity index (χ4n) is 3.68. The largest absolute Gasteiger partial charge is 0.336 e. The Labute approximate surface area is 151 Å². The number of benzene rings is 2. The van der Waals surface area contributed by atoms with Crippen LogP contribution in [0.3, 0.4) is 0 Å². The van der Waals surface area contributed by atoms with Gasteiger partial charge in [-0.3, -0.25) is 19.4 Å². The maximum absolute atomic E-state index is 12.6. The first kappa shape index (κ1) is 16.3. The second kappa shape index (κ2) is 6.29. The number of hydrogen-bond acceptors (Lipinski definition) is 3. The summed E-state index contributed by atoms with van der Waals surface area (Å²) in [6.07, 6.45) is 0.821. The summed E-state index contributed by atoms with van der Waals surface area (Å²) < 4.78 is 0. The van der Waals surface area contributed by atoms with Crippen molar-refractivity contribution in [2.45, 2.75) is 19.4 Å². The minimum absolute atomic E-state index is 0.0757. The summed E-state index contributed by atoms with van der Waals surface area (Å²) in [6, 6.07) is 14.5. The zero-order valence-corrected chi connectivity index (χ0v) is 14.4. The van der Waals surface area contributed by atoms with Gasteiger partial charge in [0.2, 0.25) is 0 Å². The van der Waals surface area contributed by atoms with Crippen molar-refractivity contribution >= 4 is 23.5 Å². The van der Waals surface area contributed by atoms with E-state index in [0.29, 0.717) is 11.1 Å². The number of carbonyl (C=O) groups excluding carboxylic acids is 3. The molecule has 26 heavy (non-hydrogen) atoms. The Hall–Kier alpha value is -3.15. The maximum Gasteiger partial charge on any atom is 0.322 e. The van der Waals surface area contributed by atoms with Crippen molar-refractivity contribution in [3.05, 3.63) is 65.2 Å². The van der Waals surface area contributed by atoms with Crippen molar-refractivity contribution in [1.82, 2.24) is 10.2 Å². The van der Waals surface area contributed by atoms with Crippen molar-refractivity contribution in [2.24, 2.45) is 0 Å². The van der Waals surface area contributed by atoms with E-state index in [1.165, 1.54) is 4.90 Å². The third-order valence-corrected chi connectivity index (χ3v) is 4.92. The van der Waals surface area contributed by atoms with Crippen LogP contribution in [0.15, 0.2) is 48.5 Å². The summed E-state index contributed by atoms with van der Waals surface area (Å²) in [5, 5.41) is 2.83. The lowest BCUT2D eigenvalue weighted by atomic mass is 10.1. The van der Waals surface area contributed by atoms with Gasteiger partial charge in [-0.2, -0.15) is 0 Å². The highest BCUT2D eigenvalue weighted by atomic mass is 16.2. The van der Waals surface area contributed by atoms with Crippen LogP contribution >= 0.6 is 0 Å². The highest BCUT2D eigenvalue weighted by Crippen LogP contribution is 2.31. The van der Waals surface area contributed by atoms with Gasteiger partial charge in [0, 0.05) is 24.8 Å². The molecule has 2 heterocycles. The van der Waals surface area contributed by atoms with Crippen LogP contribution in [0, 0.1) is 0 Å². The van der Waals surface area contributed by atoms with E-state index < -0.39 is 0 Å². The van der Waals surface area contributed by atoms with Gasteiger partial charge in [-0.15, -0.1) is 0 Å². The van der Waals surface area contributed by atoms with Crippen molar-refractivity contribution in [3.63, 3.8) is 0 Å². The number of carbonyl (C=O) groups is 3. The van der Waals surface area contributed by atoms with Crippen LogP contribution in [0.2, 0.25) is 0 Å². The summed E-state index contributed by atoms with van der Waals surface area (Å²) in [4.78, 5) is 40.2. The lowest BCUT2D eigenvalue weighted by molar-refractivity contribution is 0.0656. The molecule has 1 atom stereocenters. The molecule has 0 radical (unpaired) electrons. The summed E-state index contributed by atoms with van der Waals surface area (Å²) in [7, 11) is 0. The lowest BCUT2D eigenvalue weighted by Gasteiger charge is -2.23. The molecule has 2 aliphatic rings. The molecule has 4 rings (SSSR count). The SMILES string of the molecule is CC1Cc2ccccc2N1C(=O)NCCN1C(=O)c2ccccc2C1=O. The Bertz CT molecular complexity index is 874. The molecule has 0 spiro atoms. The summed E-state index contributed by atoms with van der Waals surface area (Å²) in [6.45, 7) is 2.38. The summed E-state index contributed by atoms with van der Waals surface area (Å²) >= 11 is 0. The number of anilines is 1. The van der Waals surface area contributed by atoms with E-state index in [-0.39, 0.29) is 37.0 Å². The van der Waals surface area contributed by atoms with Gasteiger partial charge >= 0.3 is 6.03 Å². The number of nitrogens with one attached hydrogen (secondary N) is 1. The average molecular weight is 349 g/mol. The molecule has 0 saturated heterocycles. The number of imide groups is 1. The average Bonchev–Trinajstić information content (AvgIpc) is 3.10. The predicted molar refractivity (Wildman–Crippen MR) is 97.3 cm³/mol. The van der Waals surface area contributed by atoms with E-state index in [1.54, 1.807) is 29.2 Å². The first-order chi connectivity index (χ1) is 12.6. The van der Waals surface area contributed by atoms with Gasteiger partial charge < -0.3 is 5.32 Å². The predicted octanol–water partition coefficient (Wildman–Crippen LogP) is 2.44. The van der Waals surface area contributed by atoms with Crippen molar-refractivity contribution in [1.29, 1.82) is 0 Å². The Balaban J connectivity index is 1.39. The molecule has 0 aliphatic carbocycles. The zero-order valence-electron chi connectivity index (χ0n) is 14.4. The highest BCUT2D eigenvalue weighted by Gasteiger charge is 2.35. The van der Waals surface area contributed by atoms with Crippen LogP contribution in [-0.4, -0.2) is 41.9 Å². The molecule has 6 nitrogen and oxygen atoms in total. The van der Waals surface area contributed by atoms with Gasteiger partial charge in [0.05, 0.1) is 11.1 Å². The number of urea groups is 1. The lowest BCUT2D eigenvalue weighted by Crippen LogP contribution is -2.46. The quantitative estimate of drug-likeness (QED) is 0.866. The molecule has 6 heteroatoms. The molecule has 4 amide bonds. The molecule has 1 N–H and O–H groups in total. The van der Waals surface area contributed by atoms with E-state index in [1.807, 2.05) is 31.2 Å². The fourth-order valence-corrected chi connectivity index (χ4v) is 3.68.